The van der Waals surface area contributed by atoms with Crippen molar-refractivity contribution in [1.29, 1.82) is 0 Å². The number of benzene rings is 1. The number of ether oxygens (including phenoxy) is 2. The predicted molar refractivity (Wildman–Crippen MR) is 65.0 cm³/mol. The molecular formula is C14H16F2O3. The largest absolute Gasteiger partial charge is 0.381 e. The highest BCUT2D eigenvalue weighted by Gasteiger charge is 2.21. The molecule has 3 nitrogen and oxygen atoms in total. The van der Waals surface area contributed by atoms with Gasteiger partial charge in [-0.2, -0.15) is 0 Å². The molecule has 0 N–H and O–H groups in total. The van der Waals surface area contributed by atoms with Crippen LogP contribution in [0.3, 0.4) is 0 Å². The minimum Gasteiger partial charge on any atom is -0.381 e. The summed E-state index contributed by atoms with van der Waals surface area (Å²) in [5.41, 5.74) is 0.120. The molecule has 104 valence electrons. The van der Waals surface area contributed by atoms with Gasteiger partial charge in [-0.1, -0.05) is 0 Å². The van der Waals surface area contributed by atoms with Crippen LogP contribution in [0.2, 0.25) is 0 Å². The maximum absolute atomic E-state index is 13.0. The van der Waals surface area contributed by atoms with Gasteiger partial charge in [0.15, 0.2) is 17.4 Å². The Morgan fingerprint density at radius 3 is 2.89 bits per heavy atom. The fourth-order valence-corrected chi connectivity index (χ4v) is 1.95. The van der Waals surface area contributed by atoms with Gasteiger partial charge >= 0.3 is 0 Å². The second kappa shape index (κ2) is 6.21. The van der Waals surface area contributed by atoms with E-state index < -0.39 is 17.7 Å². The lowest BCUT2D eigenvalue weighted by Crippen LogP contribution is -2.24. The third kappa shape index (κ3) is 3.58. The third-order valence-electron chi connectivity index (χ3n) is 3.18. The lowest BCUT2D eigenvalue weighted by molar-refractivity contribution is 0.0322. The predicted octanol–water partition coefficient (Wildman–Crippen LogP) is 2.59. The molecule has 1 aromatic rings. The second-order valence-corrected chi connectivity index (χ2v) is 4.70. The minimum absolute atomic E-state index is 0.120. The molecular weight excluding hydrogens is 254 g/mol. The Balaban J connectivity index is 1.92. The molecule has 1 heterocycles. The zero-order valence-electron chi connectivity index (χ0n) is 10.7. The molecule has 1 aliphatic heterocycles. The summed E-state index contributed by atoms with van der Waals surface area (Å²) in [6.07, 6.45) is 0.247. The van der Waals surface area contributed by atoms with Gasteiger partial charge in [-0.15, -0.1) is 0 Å². The van der Waals surface area contributed by atoms with E-state index in [0.29, 0.717) is 19.1 Å². The molecule has 1 fully saturated rings. The summed E-state index contributed by atoms with van der Waals surface area (Å²) in [5, 5.41) is 0. The number of carbonyl (C=O) groups excluding carboxylic acids is 1. The summed E-state index contributed by atoms with van der Waals surface area (Å²) in [5.74, 6) is -2.03. The molecule has 0 spiro atoms. The fourth-order valence-electron chi connectivity index (χ4n) is 1.95. The van der Waals surface area contributed by atoms with Crippen LogP contribution in [0, 0.1) is 17.6 Å². The smallest absolute Gasteiger partial charge is 0.191 e. The molecule has 2 rings (SSSR count). The van der Waals surface area contributed by atoms with Crippen LogP contribution in [-0.4, -0.2) is 31.7 Å². The highest BCUT2D eigenvalue weighted by Crippen LogP contribution is 2.15. The van der Waals surface area contributed by atoms with Crippen LogP contribution in [0.1, 0.15) is 23.7 Å². The summed E-state index contributed by atoms with van der Waals surface area (Å²) < 4.78 is 36.5. The molecule has 0 amide bonds. The molecule has 0 saturated carbocycles. The number of hydrogen-bond acceptors (Lipinski definition) is 3. The number of halogens is 2. The van der Waals surface area contributed by atoms with Crippen LogP contribution in [-0.2, 0) is 9.47 Å². The van der Waals surface area contributed by atoms with Crippen LogP contribution < -0.4 is 0 Å². The number of ketones is 1. The molecule has 2 atom stereocenters. The lowest BCUT2D eigenvalue weighted by atomic mass is 10.1. The first-order valence-corrected chi connectivity index (χ1v) is 6.26. The summed E-state index contributed by atoms with van der Waals surface area (Å²) in [6, 6.07) is 3.11. The fraction of sp³-hybridized carbons (Fsp3) is 0.500. The van der Waals surface area contributed by atoms with E-state index in [9.17, 15) is 13.6 Å². The Hall–Kier alpha value is -1.33. The van der Waals surface area contributed by atoms with Gasteiger partial charge in [0.1, 0.15) is 6.10 Å². The topological polar surface area (TPSA) is 35.5 Å². The molecule has 0 aromatic heterocycles. The van der Waals surface area contributed by atoms with Gasteiger partial charge in [0.2, 0.25) is 0 Å². The summed E-state index contributed by atoms with van der Waals surface area (Å²) in [4.78, 5) is 12.0. The monoisotopic (exact) mass is 270 g/mol. The van der Waals surface area contributed by atoms with E-state index in [1.54, 1.807) is 6.92 Å². The third-order valence-corrected chi connectivity index (χ3v) is 3.18. The molecule has 5 heteroatoms. The second-order valence-electron chi connectivity index (χ2n) is 4.70. The average Bonchev–Trinajstić information content (AvgIpc) is 2.91. The van der Waals surface area contributed by atoms with E-state index in [4.69, 9.17) is 9.47 Å². The first-order valence-electron chi connectivity index (χ1n) is 6.26. The maximum Gasteiger partial charge on any atom is 0.191 e. The van der Waals surface area contributed by atoms with E-state index in [1.165, 1.54) is 6.07 Å². The van der Waals surface area contributed by atoms with Crippen molar-refractivity contribution in [2.24, 2.45) is 5.92 Å². The van der Waals surface area contributed by atoms with E-state index in [-0.39, 0.29) is 11.3 Å². The van der Waals surface area contributed by atoms with Crippen molar-refractivity contribution in [1.82, 2.24) is 0 Å². The first kappa shape index (κ1) is 14.1. The summed E-state index contributed by atoms with van der Waals surface area (Å²) >= 11 is 0. The number of carbonyl (C=O) groups is 1. The van der Waals surface area contributed by atoms with Crippen LogP contribution in [0.4, 0.5) is 8.78 Å². The van der Waals surface area contributed by atoms with Crippen molar-refractivity contribution in [2.75, 3.05) is 19.8 Å². The number of hydrogen-bond donors (Lipinski definition) is 0. The molecule has 1 aliphatic rings. The standard InChI is InChI=1S/C14H16F2O3/c1-9(19-8-10-4-5-18-7-10)14(17)11-2-3-12(15)13(16)6-11/h2-3,6,9-10H,4-5,7-8H2,1H3. The Kier molecular flexibility index (Phi) is 4.61. The maximum atomic E-state index is 13.0. The molecule has 0 bridgehead atoms. The molecule has 19 heavy (non-hydrogen) atoms. The molecule has 1 aromatic carbocycles. The summed E-state index contributed by atoms with van der Waals surface area (Å²) in [6.45, 7) is 3.42. The van der Waals surface area contributed by atoms with Gasteiger partial charge in [0.25, 0.3) is 0 Å². The van der Waals surface area contributed by atoms with Gasteiger partial charge in [0.05, 0.1) is 13.2 Å². The van der Waals surface area contributed by atoms with Crippen LogP contribution in [0.25, 0.3) is 0 Å². The average molecular weight is 270 g/mol. The normalized spacial score (nSPS) is 20.5. The minimum atomic E-state index is -1.03. The first-order chi connectivity index (χ1) is 9.08. The van der Waals surface area contributed by atoms with Crippen molar-refractivity contribution in [3.05, 3.63) is 35.4 Å². The molecule has 0 aliphatic carbocycles. The van der Waals surface area contributed by atoms with Gasteiger partial charge in [-0.3, -0.25) is 4.79 Å². The zero-order chi connectivity index (χ0) is 13.8. The Labute approximate surface area is 110 Å². The van der Waals surface area contributed by atoms with Gasteiger partial charge in [-0.05, 0) is 31.5 Å². The molecule has 2 unspecified atom stereocenters. The number of rotatable bonds is 5. The molecule has 0 radical (unpaired) electrons. The number of Topliss-reactive ketones (excluding diaryl/α,β-unsaturated/α-hetero) is 1. The Morgan fingerprint density at radius 1 is 1.47 bits per heavy atom. The van der Waals surface area contributed by atoms with Gasteiger partial charge in [0, 0.05) is 18.1 Å². The van der Waals surface area contributed by atoms with Crippen molar-refractivity contribution >= 4 is 5.78 Å². The van der Waals surface area contributed by atoms with Crippen molar-refractivity contribution in [3.63, 3.8) is 0 Å². The van der Waals surface area contributed by atoms with E-state index >= 15 is 0 Å². The summed E-state index contributed by atoms with van der Waals surface area (Å²) in [7, 11) is 0. The van der Waals surface area contributed by atoms with Crippen molar-refractivity contribution in [3.8, 4) is 0 Å². The Bertz CT molecular complexity index is 456. The van der Waals surface area contributed by atoms with Crippen LogP contribution in [0.5, 0.6) is 0 Å². The SMILES string of the molecule is CC(OCC1CCOC1)C(=O)c1ccc(F)c(F)c1. The van der Waals surface area contributed by atoms with E-state index in [2.05, 4.69) is 0 Å². The van der Waals surface area contributed by atoms with E-state index in [1.807, 2.05) is 0 Å². The van der Waals surface area contributed by atoms with Crippen molar-refractivity contribution < 1.29 is 23.0 Å². The highest BCUT2D eigenvalue weighted by atomic mass is 19.2. The van der Waals surface area contributed by atoms with Crippen molar-refractivity contribution in [2.45, 2.75) is 19.4 Å². The Morgan fingerprint density at radius 2 is 2.26 bits per heavy atom. The van der Waals surface area contributed by atoms with Crippen LogP contribution >= 0.6 is 0 Å². The van der Waals surface area contributed by atoms with Gasteiger partial charge in [-0.25, -0.2) is 8.78 Å². The molecule has 1 saturated heterocycles. The zero-order valence-corrected chi connectivity index (χ0v) is 10.7. The van der Waals surface area contributed by atoms with Crippen LogP contribution in [0.15, 0.2) is 18.2 Å². The lowest BCUT2D eigenvalue weighted by Gasteiger charge is -2.14. The quantitative estimate of drug-likeness (QED) is 0.771. The van der Waals surface area contributed by atoms with Gasteiger partial charge < -0.3 is 9.47 Å². The van der Waals surface area contributed by atoms with E-state index in [0.717, 1.165) is 25.2 Å². The highest BCUT2D eigenvalue weighted by molar-refractivity contribution is 5.99.